The van der Waals surface area contributed by atoms with Gasteiger partial charge >= 0.3 is 0 Å². The van der Waals surface area contributed by atoms with E-state index in [4.69, 9.17) is 18.9 Å². The average Bonchev–Trinajstić information content (AvgIpc) is 2.60. The highest BCUT2D eigenvalue weighted by molar-refractivity contribution is 5.16. The molecule has 2 heterocycles. The summed E-state index contributed by atoms with van der Waals surface area (Å²) in [6.07, 6.45) is 1.83. The van der Waals surface area contributed by atoms with Crippen molar-refractivity contribution < 1.29 is 18.9 Å². The molecule has 6 heteroatoms. The van der Waals surface area contributed by atoms with Crippen LogP contribution >= 0.6 is 0 Å². The standard InChI is InChI=1S/C18H30N2O4/c1-4-23-18(24-5-2,17-7-6-16(3)14-19-17)15-22-13-10-20-8-11-21-12-9-20/h6-7,14H,4-5,8-13,15H2,1-3H3. The van der Waals surface area contributed by atoms with Gasteiger partial charge in [0, 0.05) is 39.0 Å². The Morgan fingerprint density at radius 3 is 2.46 bits per heavy atom. The fourth-order valence-electron chi connectivity index (χ4n) is 2.73. The summed E-state index contributed by atoms with van der Waals surface area (Å²) in [5.41, 5.74) is 1.86. The maximum absolute atomic E-state index is 5.94. The van der Waals surface area contributed by atoms with Gasteiger partial charge in [-0.3, -0.25) is 9.88 Å². The number of aryl methyl sites for hydroxylation is 1. The molecule has 0 N–H and O–H groups in total. The minimum absolute atomic E-state index is 0.328. The summed E-state index contributed by atoms with van der Waals surface area (Å²) in [5, 5.41) is 0. The first kappa shape index (κ1) is 19.3. The van der Waals surface area contributed by atoms with Gasteiger partial charge < -0.3 is 18.9 Å². The fraction of sp³-hybridized carbons (Fsp3) is 0.722. The number of hydrogen-bond donors (Lipinski definition) is 0. The molecule has 6 nitrogen and oxygen atoms in total. The lowest BCUT2D eigenvalue weighted by Crippen LogP contribution is -2.41. The van der Waals surface area contributed by atoms with Crippen LogP contribution in [0.2, 0.25) is 0 Å². The maximum atomic E-state index is 5.94. The molecule has 2 rings (SSSR count). The van der Waals surface area contributed by atoms with E-state index in [1.54, 1.807) is 0 Å². The van der Waals surface area contributed by atoms with Gasteiger partial charge in [-0.05, 0) is 32.4 Å². The molecule has 0 amide bonds. The first-order valence-corrected chi connectivity index (χ1v) is 8.79. The molecule has 0 unspecified atom stereocenters. The van der Waals surface area contributed by atoms with Gasteiger partial charge in [-0.2, -0.15) is 0 Å². The third kappa shape index (κ3) is 5.50. The van der Waals surface area contributed by atoms with Crippen molar-refractivity contribution in [1.82, 2.24) is 9.88 Å². The van der Waals surface area contributed by atoms with E-state index in [-0.39, 0.29) is 0 Å². The molecule has 0 spiro atoms. The zero-order chi connectivity index (χ0) is 17.3. The number of pyridine rings is 1. The average molecular weight is 338 g/mol. The summed E-state index contributed by atoms with van der Waals surface area (Å²) in [5.74, 6) is -0.942. The Balaban J connectivity index is 1.95. The third-order valence-electron chi connectivity index (χ3n) is 4.00. The van der Waals surface area contributed by atoms with Gasteiger partial charge in [0.2, 0.25) is 5.79 Å². The molecule has 136 valence electrons. The Hall–Kier alpha value is -1.05. The Labute approximate surface area is 145 Å². The lowest BCUT2D eigenvalue weighted by atomic mass is 10.1. The highest BCUT2D eigenvalue weighted by Gasteiger charge is 2.36. The normalized spacial score (nSPS) is 16.5. The summed E-state index contributed by atoms with van der Waals surface area (Å²) < 4.78 is 23.2. The highest BCUT2D eigenvalue weighted by atomic mass is 16.7. The van der Waals surface area contributed by atoms with Crippen LogP contribution in [-0.2, 0) is 24.7 Å². The van der Waals surface area contributed by atoms with Crippen molar-refractivity contribution in [1.29, 1.82) is 0 Å². The molecule has 0 saturated carbocycles. The second-order valence-electron chi connectivity index (χ2n) is 5.85. The van der Waals surface area contributed by atoms with Crippen LogP contribution in [0.1, 0.15) is 25.1 Å². The predicted octanol–water partition coefficient (Wildman–Crippen LogP) is 1.96. The van der Waals surface area contributed by atoms with E-state index in [2.05, 4.69) is 9.88 Å². The molecule has 1 aromatic heterocycles. The quantitative estimate of drug-likeness (QED) is 0.480. The smallest absolute Gasteiger partial charge is 0.236 e. The molecule has 0 aliphatic carbocycles. The summed E-state index contributed by atoms with van der Waals surface area (Å²) in [4.78, 5) is 6.84. The molecular formula is C18H30N2O4. The van der Waals surface area contributed by atoms with Crippen LogP contribution in [0.15, 0.2) is 18.3 Å². The first-order chi connectivity index (χ1) is 11.7. The number of rotatable bonds is 10. The van der Waals surface area contributed by atoms with E-state index < -0.39 is 5.79 Å². The van der Waals surface area contributed by atoms with Gasteiger partial charge in [0.25, 0.3) is 0 Å². The maximum Gasteiger partial charge on any atom is 0.236 e. The van der Waals surface area contributed by atoms with Crippen LogP contribution in [0, 0.1) is 6.92 Å². The highest BCUT2D eigenvalue weighted by Crippen LogP contribution is 2.26. The van der Waals surface area contributed by atoms with Crippen molar-refractivity contribution in [3.05, 3.63) is 29.6 Å². The second-order valence-corrected chi connectivity index (χ2v) is 5.85. The molecule has 0 radical (unpaired) electrons. The van der Waals surface area contributed by atoms with Crippen LogP contribution in [0.25, 0.3) is 0 Å². The van der Waals surface area contributed by atoms with Gasteiger partial charge in [0.15, 0.2) is 0 Å². The lowest BCUT2D eigenvalue weighted by Gasteiger charge is -2.33. The van der Waals surface area contributed by atoms with Gasteiger partial charge in [-0.15, -0.1) is 0 Å². The third-order valence-corrected chi connectivity index (χ3v) is 4.00. The zero-order valence-electron chi connectivity index (χ0n) is 15.1. The van der Waals surface area contributed by atoms with Crippen molar-refractivity contribution in [2.24, 2.45) is 0 Å². The Morgan fingerprint density at radius 1 is 1.17 bits per heavy atom. The lowest BCUT2D eigenvalue weighted by molar-refractivity contribution is -0.270. The van der Waals surface area contributed by atoms with Crippen LogP contribution in [0.4, 0.5) is 0 Å². The molecule has 0 bridgehead atoms. The van der Waals surface area contributed by atoms with Crippen LogP contribution < -0.4 is 0 Å². The van der Waals surface area contributed by atoms with E-state index >= 15 is 0 Å². The van der Waals surface area contributed by atoms with E-state index in [9.17, 15) is 0 Å². The van der Waals surface area contributed by atoms with Crippen LogP contribution in [0.3, 0.4) is 0 Å². The minimum atomic E-state index is -0.942. The Bertz CT molecular complexity index is 455. The fourth-order valence-corrected chi connectivity index (χ4v) is 2.73. The summed E-state index contributed by atoms with van der Waals surface area (Å²) >= 11 is 0. The van der Waals surface area contributed by atoms with Crippen LogP contribution in [-0.4, -0.2) is 69.2 Å². The molecule has 24 heavy (non-hydrogen) atoms. The first-order valence-electron chi connectivity index (χ1n) is 8.79. The van der Waals surface area contributed by atoms with Gasteiger partial charge in [-0.1, -0.05) is 6.07 Å². The van der Waals surface area contributed by atoms with E-state index in [1.165, 1.54) is 0 Å². The molecule has 0 aromatic carbocycles. The number of morpholine rings is 1. The molecule has 1 saturated heterocycles. The largest absolute Gasteiger partial charge is 0.379 e. The van der Waals surface area contributed by atoms with Crippen molar-refractivity contribution in [2.75, 3.05) is 59.3 Å². The molecule has 1 aliphatic rings. The molecule has 1 aliphatic heterocycles. The topological polar surface area (TPSA) is 53.1 Å². The monoisotopic (exact) mass is 338 g/mol. The number of hydrogen-bond acceptors (Lipinski definition) is 6. The number of ether oxygens (including phenoxy) is 4. The Morgan fingerprint density at radius 2 is 1.88 bits per heavy atom. The second kappa shape index (κ2) is 10.1. The predicted molar refractivity (Wildman–Crippen MR) is 92.0 cm³/mol. The van der Waals surface area contributed by atoms with Crippen LogP contribution in [0.5, 0.6) is 0 Å². The van der Waals surface area contributed by atoms with Gasteiger partial charge in [-0.25, -0.2) is 0 Å². The molecule has 0 atom stereocenters. The van der Waals surface area contributed by atoms with E-state index in [0.29, 0.717) is 26.4 Å². The summed E-state index contributed by atoms with van der Waals surface area (Å²) in [7, 11) is 0. The molecule has 1 aromatic rings. The number of nitrogens with zero attached hydrogens (tertiary/aromatic N) is 2. The van der Waals surface area contributed by atoms with Crippen molar-refractivity contribution in [2.45, 2.75) is 26.6 Å². The Kier molecular flexibility index (Phi) is 8.08. The van der Waals surface area contributed by atoms with Crippen molar-refractivity contribution in [3.63, 3.8) is 0 Å². The van der Waals surface area contributed by atoms with E-state index in [0.717, 1.165) is 44.1 Å². The minimum Gasteiger partial charge on any atom is -0.379 e. The van der Waals surface area contributed by atoms with Gasteiger partial charge in [0.1, 0.15) is 12.3 Å². The SMILES string of the molecule is CCOC(COCCN1CCOCC1)(OCC)c1ccc(C)cn1. The van der Waals surface area contributed by atoms with Crippen molar-refractivity contribution >= 4 is 0 Å². The summed E-state index contributed by atoms with van der Waals surface area (Å²) in [6.45, 7) is 12.4. The van der Waals surface area contributed by atoms with E-state index in [1.807, 2.05) is 39.1 Å². The summed E-state index contributed by atoms with van der Waals surface area (Å²) in [6, 6.07) is 3.97. The zero-order valence-corrected chi connectivity index (χ0v) is 15.1. The molecular weight excluding hydrogens is 308 g/mol. The van der Waals surface area contributed by atoms with Gasteiger partial charge in [0.05, 0.1) is 19.8 Å². The van der Waals surface area contributed by atoms with Crippen molar-refractivity contribution in [3.8, 4) is 0 Å². The molecule has 1 fully saturated rings. The number of aromatic nitrogens is 1.